The van der Waals surface area contributed by atoms with Crippen molar-refractivity contribution in [1.82, 2.24) is 10.5 Å². The van der Waals surface area contributed by atoms with Crippen molar-refractivity contribution in [3.05, 3.63) is 17.0 Å². The Labute approximate surface area is 108 Å². The normalized spacial score (nSPS) is 26.2. The van der Waals surface area contributed by atoms with Gasteiger partial charge in [-0.15, -0.1) is 0 Å². The highest BCUT2D eigenvalue weighted by molar-refractivity contribution is 5.20. The number of ether oxygens (including phenoxy) is 1. The van der Waals surface area contributed by atoms with E-state index >= 15 is 0 Å². The van der Waals surface area contributed by atoms with E-state index < -0.39 is 0 Å². The first-order valence-corrected chi connectivity index (χ1v) is 6.98. The van der Waals surface area contributed by atoms with Crippen molar-refractivity contribution in [2.75, 3.05) is 6.61 Å². The van der Waals surface area contributed by atoms with Gasteiger partial charge >= 0.3 is 0 Å². The summed E-state index contributed by atoms with van der Waals surface area (Å²) in [5, 5.41) is 7.65. The van der Waals surface area contributed by atoms with Crippen molar-refractivity contribution >= 4 is 0 Å². The summed E-state index contributed by atoms with van der Waals surface area (Å²) in [5.41, 5.74) is 2.43. The molecule has 0 aromatic carbocycles. The highest BCUT2D eigenvalue weighted by Gasteiger charge is 2.42. The van der Waals surface area contributed by atoms with Gasteiger partial charge < -0.3 is 14.6 Å². The molecule has 2 fully saturated rings. The fraction of sp³-hybridized carbons (Fsp3) is 0.786. The predicted octanol–water partition coefficient (Wildman–Crippen LogP) is 2.48. The van der Waals surface area contributed by atoms with Crippen LogP contribution in [0, 0.1) is 13.8 Å². The van der Waals surface area contributed by atoms with Crippen molar-refractivity contribution in [3.8, 4) is 0 Å². The summed E-state index contributed by atoms with van der Waals surface area (Å²) in [4.78, 5) is 0. The van der Waals surface area contributed by atoms with Crippen LogP contribution in [0.4, 0.5) is 0 Å². The molecular weight excluding hydrogens is 228 g/mol. The number of aromatic nitrogens is 1. The molecule has 0 bridgehead atoms. The summed E-state index contributed by atoms with van der Waals surface area (Å²) in [6.45, 7) is 5.75. The second-order valence-electron chi connectivity index (χ2n) is 5.76. The Morgan fingerprint density at radius 3 is 2.83 bits per heavy atom. The van der Waals surface area contributed by atoms with Crippen molar-refractivity contribution in [1.29, 1.82) is 0 Å². The van der Waals surface area contributed by atoms with Crippen LogP contribution in [-0.2, 0) is 11.3 Å². The van der Waals surface area contributed by atoms with Crippen molar-refractivity contribution < 1.29 is 9.26 Å². The zero-order valence-electron chi connectivity index (χ0n) is 11.3. The van der Waals surface area contributed by atoms with Crippen LogP contribution in [0.3, 0.4) is 0 Å². The van der Waals surface area contributed by atoms with Crippen LogP contribution in [-0.4, -0.2) is 23.4 Å². The lowest BCUT2D eigenvalue weighted by atomic mass is 9.74. The summed E-state index contributed by atoms with van der Waals surface area (Å²) in [7, 11) is 0. The number of hydrogen-bond acceptors (Lipinski definition) is 4. The molecule has 18 heavy (non-hydrogen) atoms. The maximum absolute atomic E-state index is 5.95. The molecule has 100 valence electrons. The minimum Gasteiger partial charge on any atom is -0.375 e. The lowest BCUT2D eigenvalue weighted by molar-refractivity contribution is -0.135. The molecule has 2 aliphatic rings. The number of nitrogens with one attached hydrogen (secondary N) is 1. The molecule has 3 rings (SSSR count). The van der Waals surface area contributed by atoms with Gasteiger partial charge in [-0.1, -0.05) is 5.16 Å². The molecule has 1 aliphatic heterocycles. The molecule has 1 aromatic rings. The smallest absolute Gasteiger partial charge is 0.138 e. The summed E-state index contributed by atoms with van der Waals surface area (Å²) in [6.07, 6.45) is 6.10. The molecule has 1 aromatic heterocycles. The molecule has 1 saturated carbocycles. The van der Waals surface area contributed by atoms with E-state index in [2.05, 4.69) is 10.5 Å². The van der Waals surface area contributed by atoms with E-state index in [4.69, 9.17) is 9.26 Å². The summed E-state index contributed by atoms with van der Waals surface area (Å²) in [6, 6.07) is 0.577. The summed E-state index contributed by atoms with van der Waals surface area (Å²) in [5.74, 6) is 0.936. The zero-order chi connectivity index (χ0) is 12.6. The van der Waals surface area contributed by atoms with E-state index in [-0.39, 0.29) is 5.60 Å². The van der Waals surface area contributed by atoms with Crippen LogP contribution >= 0.6 is 0 Å². The quantitative estimate of drug-likeness (QED) is 0.895. The minimum atomic E-state index is 0.217. The van der Waals surface area contributed by atoms with Gasteiger partial charge in [-0.05, 0) is 46.0 Å². The molecular formula is C14H22N2O2. The molecule has 0 amide bonds. The van der Waals surface area contributed by atoms with Crippen LogP contribution in [0.2, 0.25) is 0 Å². The van der Waals surface area contributed by atoms with Crippen LogP contribution in [0.1, 0.15) is 49.1 Å². The van der Waals surface area contributed by atoms with Crippen LogP contribution < -0.4 is 5.32 Å². The van der Waals surface area contributed by atoms with E-state index in [1.807, 2.05) is 13.8 Å². The predicted molar refractivity (Wildman–Crippen MR) is 68.4 cm³/mol. The molecule has 2 heterocycles. The van der Waals surface area contributed by atoms with E-state index in [0.717, 1.165) is 37.4 Å². The number of rotatable bonds is 3. The molecule has 4 nitrogen and oxygen atoms in total. The fourth-order valence-electron chi connectivity index (χ4n) is 3.12. The van der Waals surface area contributed by atoms with Gasteiger partial charge in [-0.2, -0.15) is 0 Å². The minimum absolute atomic E-state index is 0.217. The Kier molecular flexibility index (Phi) is 3.16. The van der Waals surface area contributed by atoms with E-state index in [9.17, 15) is 0 Å². The molecule has 1 N–H and O–H groups in total. The molecule has 1 aliphatic carbocycles. The average molecular weight is 250 g/mol. The standard InChI is InChI=1S/C14H22N2O2/c1-10-13(11(2)18-16-10)9-15-12-4-7-17-14(8-12)5-3-6-14/h12,15H,3-9H2,1-2H3. The number of hydrogen-bond donors (Lipinski definition) is 1. The van der Waals surface area contributed by atoms with Gasteiger partial charge in [-0.25, -0.2) is 0 Å². The molecule has 4 heteroatoms. The Morgan fingerprint density at radius 1 is 1.39 bits per heavy atom. The summed E-state index contributed by atoms with van der Waals surface area (Å²) < 4.78 is 11.1. The van der Waals surface area contributed by atoms with E-state index in [0.29, 0.717) is 6.04 Å². The summed E-state index contributed by atoms with van der Waals surface area (Å²) >= 11 is 0. The highest BCUT2D eigenvalue weighted by Crippen LogP contribution is 2.42. The van der Waals surface area contributed by atoms with Crippen molar-refractivity contribution in [2.24, 2.45) is 0 Å². The lowest BCUT2D eigenvalue weighted by Gasteiger charge is -2.47. The van der Waals surface area contributed by atoms with Gasteiger partial charge in [0.1, 0.15) is 5.76 Å². The number of aryl methyl sites for hydroxylation is 2. The third-order valence-corrected chi connectivity index (χ3v) is 4.51. The lowest BCUT2D eigenvalue weighted by Crippen LogP contribution is -2.50. The van der Waals surface area contributed by atoms with Gasteiger partial charge in [0.25, 0.3) is 0 Å². The van der Waals surface area contributed by atoms with Gasteiger partial charge in [-0.3, -0.25) is 0 Å². The molecule has 1 spiro atoms. The maximum Gasteiger partial charge on any atom is 0.138 e. The van der Waals surface area contributed by atoms with Crippen LogP contribution in [0.5, 0.6) is 0 Å². The first-order chi connectivity index (χ1) is 8.69. The second kappa shape index (κ2) is 4.67. The maximum atomic E-state index is 5.95. The Bertz CT molecular complexity index is 404. The molecule has 0 radical (unpaired) electrons. The molecule has 1 saturated heterocycles. The van der Waals surface area contributed by atoms with Gasteiger partial charge in [0, 0.05) is 24.8 Å². The zero-order valence-corrected chi connectivity index (χ0v) is 11.3. The fourth-order valence-corrected chi connectivity index (χ4v) is 3.12. The Hall–Kier alpha value is -0.870. The first kappa shape index (κ1) is 12.2. The second-order valence-corrected chi connectivity index (χ2v) is 5.76. The average Bonchev–Trinajstić information content (AvgIpc) is 2.65. The SMILES string of the molecule is Cc1noc(C)c1CNC1CCOC2(CCC2)C1. The van der Waals surface area contributed by atoms with E-state index in [1.165, 1.54) is 24.8 Å². The number of nitrogens with zero attached hydrogens (tertiary/aromatic N) is 1. The third-order valence-electron chi connectivity index (χ3n) is 4.51. The van der Waals surface area contributed by atoms with Crippen molar-refractivity contribution in [2.45, 2.75) is 64.1 Å². The Balaban J connectivity index is 1.57. The van der Waals surface area contributed by atoms with Crippen LogP contribution in [0.25, 0.3) is 0 Å². The molecule has 1 unspecified atom stereocenters. The van der Waals surface area contributed by atoms with Crippen LogP contribution in [0.15, 0.2) is 4.52 Å². The largest absolute Gasteiger partial charge is 0.375 e. The van der Waals surface area contributed by atoms with Gasteiger partial charge in [0.05, 0.1) is 11.3 Å². The van der Waals surface area contributed by atoms with Gasteiger partial charge in [0.2, 0.25) is 0 Å². The monoisotopic (exact) mass is 250 g/mol. The Morgan fingerprint density at radius 2 is 2.22 bits per heavy atom. The van der Waals surface area contributed by atoms with Crippen molar-refractivity contribution in [3.63, 3.8) is 0 Å². The van der Waals surface area contributed by atoms with E-state index in [1.54, 1.807) is 0 Å². The third kappa shape index (κ3) is 2.19. The first-order valence-electron chi connectivity index (χ1n) is 6.98. The highest BCUT2D eigenvalue weighted by atomic mass is 16.5. The topological polar surface area (TPSA) is 47.3 Å². The molecule has 1 atom stereocenters. The van der Waals surface area contributed by atoms with Gasteiger partial charge in [0.15, 0.2) is 0 Å².